The normalized spacial score (nSPS) is 15.8. The summed E-state index contributed by atoms with van der Waals surface area (Å²) in [5.74, 6) is 0.426. The number of ether oxygens (including phenoxy) is 1. The van der Waals surface area contributed by atoms with Crippen LogP contribution in [0.5, 0.6) is 0 Å². The van der Waals surface area contributed by atoms with E-state index in [0.717, 1.165) is 18.2 Å². The molecule has 0 saturated carbocycles. The van der Waals surface area contributed by atoms with Crippen molar-refractivity contribution >= 4 is 16.9 Å². The number of amides is 1. The summed E-state index contributed by atoms with van der Waals surface area (Å²) >= 11 is 0. The average Bonchev–Trinajstić information content (AvgIpc) is 2.59. The Morgan fingerprint density at radius 1 is 1.20 bits per heavy atom. The van der Waals surface area contributed by atoms with Crippen molar-refractivity contribution in [3.63, 3.8) is 0 Å². The quantitative estimate of drug-likeness (QED) is 0.750. The van der Waals surface area contributed by atoms with E-state index in [1.165, 1.54) is 10.9 Å². The van der Waals surface area contributed by atoms with E-state index in [1.807, 2.05) is 39.0 Å². The molecule has 0 aromatic heterocycles. The van der Waals surface area contributed by atoms with Gasteiger partial charge in [0.05, 0.1) is 11.6 Å². The number of hydrogen-bond donors (Lipinski definition) is 0. The number of hydrogen-bond acceptors (Lipinski definition) is 3. The van der Waals surface area contributed by atoms with E-state index < -0.39 is 5.60 Å². The summed E-state index contributed by atoms with van der Waals surface area (Å²) in [7, 11) is 0. The smallest absolute Gasteiger partial charge is 0.410 e. The number of fused-ring (bicyclic) bond motifs is 1. The van der Waals surface area contributed by atoms with Gasteiger partial charge in [-0.25, -0.2) is 4.79 Å². The maximum Gasteiger partial charge on any atom is 0.410 e. The minimum atomic E-state index is -0.456. The second-order valence-corrected chi connectivity index (χ2v) is 7.64. The summed E-state index contributed by atoms with van der Waals surface area (Å²) < 4.78 is 5.47. The summed E-state index contributed by atoms with van der Waals surface area (Å²) in [5, 5.41) is 11.4. The zero-order valence-electron chi connectivity index (χ0n) is 15.1. The summed E-state index contributed by atoms with van der Waals surface area (Å²) in [5.41, 5.74) is 1.54. The van der Waals surface area contributed by atoms with Crippen LogP contribution >= 0.6 is 0 Å². The fraction of sp³-hybridized carbons (Fsp3) is 0.429. The van der Waals surface area contributed by atoms with E-state index in [-0.39, 0.29) is 6.09 Å². The van der Waals surface area contributed by atoms with Crippen LogP contribution in [0, 0.1) is 11.3 Å². The van der Waals surface area contributed by atoms with Gasteiger partial charge in [-0.05, 0) is 68.0 Å². The standard InChI is InChI=1S/C21H24N2O2/c1-21(2,3)25-20(24)23-11-9-16(10-12-23)18-6-4-5-17-13-15(14-22)7-8-19(17)18/h4-8,13,16H,9-12H2,1-3H3. The third-order valence-electron chi connectivity index (χ3n) is 4.63. The van der Waals surface area contributed by atoms with E-state index in [2.05, 4.69) is 24.3 Å². The lowest BCUT2D eigenvalue weighted by Crippen LogP contribution is -2.41. The number of rotatable bonds is 1. The van der Waals surface area contributed by atoms with Gasteiger partial charge in [0.1, 0.15) is 5.60 Å². The molecule has 0 bridgehead atoms. The predicted octanol–water partition coefficient (Wildman–Crippen LogP) is 4.83. The summed E-state index contributed by atoms with van der Waals surface area (Å²) in [6, 6.07) is 14.3. The van der Waals surface area contributed by atoms with Crippen LogP contribution in [0.1, 0.15) is 50.7 Å². The van der Waals surface area contributed by atoms with Gasteiger partial charge in [0.2, 0.25) is 0 Å². The average molecular weight is 336 g/mol. The molecule has 1 saturated heterocycles. The Morgan fingerprint density at radius 2 is 1.92 bits per heavy atom. The fourth-order valence-electron chi connectivity index (χ4n) is 3.43. The zero-order valence-corrected chi connectivity index (χ0v) is 15.1. The fourth-order valence-corrected chi connectivity index (χ4v) is 3.43. The van der Waals surface area contributed by atoms with E-state index in [9.17, 15) is 4.79 Å². The van der Waals surface area contributed by atoms with Gasteiger partial charge in [-0.2, -0.15) is 5.26 Å². The van der Waals surface area contributed by atoms with E-state index in [4.69, 9.17) is 10.00 Å². The van der Waals surface area contributed by atoms with Crippen LogP contribution in [0.3, 0.4) is 0 Å². The molecule has 1 amide bonds. The molecule has 1 aliphatic rings. The molecule has 0 N–H and O–H groups in total. The van der Waals surface area contributed by atoms with Crippen LogP contribution in [-0.2, 0) is 4.74 Å². The second-order valence-electron chi connectivity index (χ2n) is 7.64. The highest BCUT2D eigenvalue weighted by atomic mass is 16.6. The number of carbonyl (C=O) groups excluding carboxylic acids is 1. The first kappa shape index (κ1) is 17.3. The highest BCUT2D eigenvalue weighted by Crippen LogP contribution is 2.33. The van der Waals surface area contributed by atoms with Gasteiger partial charge in [0.15, 0.2) is 0 Å². The topological polar surface area (TPSA) is 53.3 Å². The van der Waals surface area contributed by atoms with Crippen LogP contribution in [-0.4, -0.2) is 29.7 Å². The van der Waals surface area contributed by atoms with Crippen LogP contribution in [0.15, 0.2) is 36.4 Å². The van der Waals surface area contributed by atoms with Gasteiger partial charge in [-0.3, -0.25) is 0 Å². The lowest BCUT2D eigenvalue weighted by molar-refractivity contribution is 0.0205. The number of piperidine rings is 1. The molecule has 1 fully saturated rings. The largest absolute Gasteiger partial charge is 0.444 e. The van der Waals surface area contributed by atoms with E-state index >= 15 is 0 Å². The van der Waals surface area contributed by atoms with Gasteiger partial charge in [0.25, 0.3) is 0 Å². The van der Waals surface area contributed by atoms with Gasteiger partial charge in [-0.15, -0.1) is 0 Å². The first-order valence-electron chi connectivity index (χ1n) is 8.78. The molecule has 4 heteroatoms. The minimum absolute atomic E-state index is 0.220. The monoisotopic (exact) mass is 336 g/mol. The van der Waals surface area contributed by atoms with Crippen LogP contribution in [0.25, 0.3) is 10.8 Å². The van der Waals surface area contributed by atoms with Crippen LogP contribution in [0.2, 0.25) is 0 Å². The number of nitrogens with zero attached hydrogens (tertiary/aromatic N) is 2. The molecule has 2 aromatic rings. The molecule has 0 atom stereocenters. The third kappa shape index (κ3) is 3.93. The first-order valence-corrected chi connectivity index (χ1v) is 8.78. The van der Waals surface area contributed by atoms with E-state index in [1.54, 1.807) is 4.90 Å². The van der Waals surface area contributed by atoms with Crippen molar-refractivity contribution < 1.29 is 9.53 Å². The molecule has 0 unspecified atom stereocenters. The third-order valence-corrected chi connectivity index (χ3v) is 4.63. The van der Waals surface area contributed by atoms with Crippen LogP contribution in [0.4, 0.5) is 4.79 Å². The van der Waals surface area contributed by atoms with Crippen molar-refractivity contribution in [2.75, 3.05) is 13.1 Å². The lowest BCUT2D eigenvalue weighted by Gasteiger charge is -2.34. The van der Waals surface area contributed by atoms with Crippen molar-refractivity contribution in [3.8, 4) is 6.07 Å². The van der Waals surface area contributed by atoms with Gasteiger partial charge in [0, 0.05) is 13.1 Å². The molecule has 1 aliphatic heterocycles. The number of benzene rings is 2. The van der Waals surface area contributed by atoms with Crippen molar-refractivity contribution in [1.82, 2.24) is 4.90 Å². The SMILES string of the molecule is CC(C)(C)OC(=O)N1CCC(c2cccc3cc(C#N)ccc23)CC1. The molecular weight excluding hydrogens is 312 g/mol. The molecule has 2 aromatic carbocycles. The summed E-state index contributed by atoms with van der Waals surface area (Å²) in [6.45, 7) is 7.11. The summed E-state index contributed by atoms with van der Waals surface area (Å²) in [4.78, 5) is 14.0. The predicted molar refractivity (Wildman–Crippen MR) is 98.4 cm³/mol. The number of carbonyl (C=O) groups is 1. The maximum absolute atomic E-state index is 12.2. The van der Waals surface area contributed by atoms with Crippen molar-refractivity contribution in [2.24, 2.45) is 0 Å². The van der Waals surface area contributed by atoms with Crippen molar-refractivity contribution in [3.05, 3.63) is 47.5 Å². The van der Waals surface area contributed by atoms with Gasteiger partial charge in [-0.1, -0.05) is 24.3 Å². The van der Waals surface area contributed by atoms with Gasteiger partial charge >= 0.3 is 6.09 Å². The van der Waals surface area contributed by atoms with Gasteiger partial charge < -0.3 is 9.64 Å². The van der Waals surface area contributed by atoms with E-state index in [0.29, 0.717) is 24.6 Å². The number of nitriles is 1. The highest BCUT2D eigenvalue weighted by Gasteiger charge is 2.28. The molecule has 0 spiro atoms. The van der Waals surface area contributed by atoms with Crippen LogP contribution < -0.4 is 0 Å². The highest BCUT2D eigenvalue weighted by molar-refractivity contribution is 5.87. The minimum Gasteiger partial charge on any atom is -0.444 e. The molecule has 0 aliphatic carbocycles. The Balaban J connectivity index is 1.74. The molecular formula is C21H24N2O2. The summed E-state index contributed by atoms with van der Waals surface area (Å²) in [6.07, 6.45) is 1.64. The molecule has 130 valence electrons. The zero-order chi connectivity index (χ0) is 18.0. The molecule has 1 heterocycles. The first-order chi connectivity index (χ1) is 11.9. The molecule has 3 rings (SSSR count). The molecule has 4 nitrogen and oxygen atoms in total. The molecule has 0 radical (unpaired) electrons. The Morgan fingerprint density at radius 3 is 2.56 bits per heavy atom. The molecule has 25 heavy (non-hydrogen) atoms. The Kier molecular flexibility index (Phi) is 4.67. The number of likely N-dealkylation sites (tertiary alicyclic amines) is 1. The maximum atomic E-state index is 12.2. The Labute approximate surface area is 149 Å². The second kappa shape index (κ2) is 6.76. The van der Waals surface area contributed by atoms with Crippen molar-refractivity contribution in [2.45, 2.75) is 45.1 Å². The lowest BCUT2D eigenvalue weighted by atomic mass is 9.86. The van der Waals surface area contributed by atoms with Crippen molar-refractivity contribution in [1.29, 1.82) is 5.26 Å². The Hall–Kier alpha value is -2.54. The Bertz CT molecular complexity index is 822.